The molecule has 2 atom stereocenters. The van der Waals surface area contributed by atoms with E-state index in [2.05, 4.69) is 18.9 Å². The maximum Gasteiger partial charge on any atom is 0.169 e. The number of aliphatic hydroxyl groups excluding tert-OH is 1. The van der Waals surface area contributed by atoms with Crippen molar-refractivity contribution in [3.05, 3.63) is 0 Å². The number of aliphatic hydroxyl groups is 1. The average Bonchev–Trinajstić information content (AvgIpc) is 2.20. The van der Waals surface area contributed by atoms with Crippen LogP contribution in [0.25, 0.3) is 0 Å². The summed E-state index contributed by atoms with van der Waals surface area (Å²) < 4.78 is 0. The van der Waals surface area contributed by atoms with Crippen LogP contribution in [0.4, 0.5) is 0 Å². The van der Waals surface area contributed by atoms with Gasteiger partial charge in [0.2, 0.25) is 0 Å². The highest BCUT2D eigenvalue weighted by atomic mass is 32.2. The molecule has 1 aliphatic heterocycles. The van der Waals surface area contributed by atoms with Gasteiger partial charge in [-0.3, -0.25) is 0 Å². The van der Waals surface area contributed by atoms with Crippen LogP contribution in [0, 0.1) is 0 Å². The number of thioether (sulfide) groups is 1. The molecule has 0 amide bonds. The topological polar surface area (TPSA) is 26.1 Å². The largest absolute Gasteiger partial charge is 0.396 e. The molecule has 1 aliphatic rings. The van der Waals surface area contributed by atoms with Crippen LogP contribution in [-0.2, 0) is 0 Å². The van der Waals surface area contributed by atoms with Crippen molar-refractivity contribution in [1.29, 1.82) is 0 Å². The van der Waals surface area contributed by atoms with E-state index in [9.17, 15) is 0 Å². The molecule has 0 bridgehead atoms. The van der Waals surface area contributed by atoms with Gasteiger partial charge in [-0.2, -0.15) is 4.90 Å². The quantitative estimate of drug-likeness (QED) is 0.600. The van der Waals surface area contributed by atoms with Crippen molar-refractivity contribution in [2.24, 2.45) is 0 Å². The average molecular weight is 161 g/mol. The highest BCUT2D eigenvalue weighted by Crippen LogP contribution is 2.27. The molecule has 0 aromatic rings. The molecule has 0 aromatic heterocycles. The number of rotatable bonds is 2. The van der Waals surface area contributed by atoms with Gasteiger partial charge in [0.25, 0.3) is 0 Å². The van der Waals surface area contributed by atoms with Gasteiger partial charge in [0.15, 0.2) is 5.88 Å². The molecule has 1 heterocycles. The number of nitrogens with zero attached hydrogens (tertiary/aromatic N) is 1. The summed E-state index contributed by atoms with van der Waals surface area (Å²) in [5, 5.41) is 9.35. The summed E-state index contributed by atoms with van der Waals surface area (Å²) in [6, 6.07) is 0.636. The van der Waals surface area contributed by atoms with E-state index in [0.29, 0.717) is 17.9 Å². The Morgan fingerprint density at radius 3 is 2.80 bits per heavy atom. The van der Waals surface area contributed by atoms with Gasteiger partial charge in [-0.1, -0.05) is 11.8 Å². The van der Waals surface area contributed by atoms with E-state index >= 15 is 0 Å². The van der Waals surface area contributed by atoms with Crippen LogP contribution in [0.3, 0.4) is 0 Å². The Kier molecular flexibility index (Phi) is 3.01. The molecule has 2 nitrogen and oxygen atoms in total. The van der Waals surface area contributed by atoms with Crippen molar-refractivity contribution in [1.82, 2.24) is 4.90 Å². The third-order valence-corrected chi connectivity index (χ3v) is 3.75. The fourth-order valence-corrected chi connectivity index (χ4v) is 2.63. The second-order valence-electron chi connectivity index (χ2n) is 2.84. The minimum Gasteiger partial charge on any atom is -0.396 e. The molecule has 1 fully saturated rings. The minimum absolute atomic E-state index is 0.329. The summed E-state index contributed by atoms with van der Waals surface area (Å²) in [5.74, 6) is 1.12. The van der Waals surface area contributed by atoms with Crippen LogP contribution in [0.5, 0.6) is 0 Å². The van der Waals surface area contributed by atoms with E-state index in [1.165, 1.54) is 0 Å². The monoisotopic (exact) mass is 161 g/mol. The number of hydrogen-bond donors (Lipinski definition) is 1. The Morgan fingerprint density at radius 1 is 1.70 bits per heavy atom. The molecule has 2 unspecified atom stereocenters. The summed E-state index contributed by atoms with van der Waals surface area (Å²) in [6.07, 6.45) is 0.941. The van der Waals surface area contributed by atoms with E-state index in [0.717, 1.165) is 12.3 Å². The zero-order valence-electron chi connectivity index (χ0n) is 6.58. The Balaban J connectivity index is 2.33. The van der Waals surface area contributed by atoms with Crippen LogP contribution < -0.4 is 4.90 Å². The predicted molar refractivity (Wildman–Crippen MR) is 45.5 cm³/mol. The third kappa shape index (κ3) is 1.65. The first-order valence-corrected chi connectivity index (χ1v) is 4.73. The molecule has 1 saturated heterocycles. The highest BCUT2D eigenvalue weighted by molar-refractivity contribution is 8.00. The fraction of sp³-hybridized carbons (Fsp3) is 1.00. The van der Waals surface area contributed by atoms with Gasteiger partial charge in [0.05, 0.1) is 5.25 Å². The van der Waals surface area contributed by atoms with Crippen LogP contribution in [0.2, 0.25) is 0 Å². The molecule has 1 rings (SSSR count). The van der Waals surface area contributed by atoms with Crippen molar-refractivity contribution in [3.63, 3.8) is 0 Å². The maximum atomic E-state index is 8.70. The molecule has 3 heteroatoms. The summed E-state index contributed by atoms with van der Waals surface area (Å²) >= 11 is 1.95. The lowest BCUT2D eigenvalue weighted by molar-refractivity contribution is 0.277. The molecule has 1 radical (unpaired) electrons. The lowest BCUT2D eigenvalue weighted by Crippen LogP contribution is -2.33. The minimum atomic E-state index is 0.329. The molecular weight excluding hydrogens is 146 g/mol. The fourth-order valence-electron chi connectivity index (χ4n) is 1.21. The Hall–Kier alpha value is 0.270. The van der Waals surface area contributed by atoms with Gasteiger partial charge in [0, 0.05) is 6.61 Å². The van der Waals surface area contributed by atoms with Gasteiger partial charge < -0.3 is 5.11 Å². The molecule has 1 N–H and O–H groups in total. The van der Waals surface area contributed by atoms with Gasteiger partial charge in [-0.15, -0.1) is 0 Å². The smallest absolute Gasteiger partial charge is 0.169 e. The normalized spacial score (nSPS) is 35.1. The standard InChI is InChI=1S/C7H15NOS/c1-6-7(3-4-9)10-5-8(6)2/h6-7,9H,3-5H2,1-2H3/q+1. The van der Waals surface area contributed by atoms with Gasteiger partial charge in [-0.05, 0) is 13.3 Å². The lowest BCUT2D eigenvalue weighted by Gasteiger charge is -2.09. The molecule has 10 heavy (non-hydrogen) atoms. The van der Waals surface area contributed by atoms with E-state index in [4.69, 9.17) is 5.11 Å². The van der Waals surface area contributed by atoms with Gasteiger partial charge in [-0.25, -0.2) is 0 Å². The van der Waals surface area contributed by atoms with Crippen molar-refractivity contribution in [2.75, 3.05) is 19.5 Å². The molecule has 0 spiro atoms. The summed E-state index contributed by atoms with van der Waals surface area (Å²) in [7, 11) is 2.13. The predicted octanol–water partition coefficient (Wildman–Crippen LogP) is 0.600. The maximum absolute atomic E-state index is 8.70. The SMILES string of the molecule is CC1C(CCO)SC[N+]1C. The van der Waals surface area contributed by atoms with Crippen molar-refractivity contribution in [3.8, 4) is 0 Å². The molecule has 59 valence electrons. The van der Waals surface area contributed by atoms with E-state index < -0.39 is 0 Å². The van der Waals surface area contributed by atoms with Gasteiger partial charge >= 0.3 is 0 Å². The second-order valence-corrected chi connectivity index (χ2v) is 4.04. The first-order chi connectivity index (χ1) is 4.75. The third-order valence-electron chi connectivity index (χ3n) is 2.14. The van der Waals surface area contributed by atoms with Crippen molar-refractivity contribution < 1.29 is 5.11 Å². The Bertz CT molecular complexity index is 108. The highest BCUT2D eigenvalue weighted by Gasteiger charge is 2.35. The van der Waals surface area contributed by atoms with Crippen LogP contribution in [-0.4, -0.2) is 35.9 Å². The Morgan fingerprint density at radius 2 is 2.40 bits per heavy atom. The van der Waals surface area contributed by atoms with Crippen LogP contribution in [0.15, 0.2) is 0 Å². The van der Waals surface area contributed by atoms with E-state index in [1.54, 1.807) is 0 Å². The molecule has 0 saturated carbocycles. The van der Waals surface area contributed by atoms with Crippen molar-refractivity contribution in [2.45, 2.75) is 24.6 Å². The molecule has 0 aliphatic carbocycles. The van der Waals surface area contributed by atoms with Gasteiger partial charge in [0.1, 0.15) is 13.1 Å². The van der Waals surface area contributed by atoms with Crippen molar-refractivity contribution >= 4 is 11.8 Å². The zero-order chi connectivity index (χ0) is 7.56. The van der Waals surface area contributed by atoms with E-state index in [-0.39, 0.29) is 0 Å². The first-order valence-electron chi connectivity index (χ1n) is 3.68. The Labute approximate surface area is 66.6 Å². The molecule has 0 aromatic carbocycles. The summed E-state index contributed by atoms with van der Waals surface area (Å²) in [6.45, 7) is 2.55. The summed E-state index contributed by atoms with van der Waals surface area (Å²) in [4.78, 5) is 2.32. The first kappa shape index (κ1) is 8.37. The number of hydrogen-bond acceptors (Lipinski definition) is 3. The zero-order valence-corrected chi connectivity index (χ0v) is 7.40. The molecular formula is C7H15NOS+. The second kappa shape index (κ2) is 3.60. The summed E-state index contributed by atoms with van der Waals surface area (Å²) in [5.41, 5.74) is 0. The van der Waals surface area contributed by atoms with E-state index in [1.807, 2.05) is 11.8 Å². The van der Waals surface area contributed by atoms with Crippen LogP contribution >= 0.6 is 11.8 Å². The van der Waals surface area contributed by atoms with Crippen LogP contribution in [0.1, 0.15) is 13.3 Å². The lowest BCUT2D eigenvalue weighted by atomic mass is 10.2.